The topological polar surface area (TPSA) is 70.1 Å². The molecule has 1 aromatic carbocycles. The van der Waals surface area contributed by atoms with Gasteiger partial charge < -0.3 is 14.7 Å². The third-order valence-electron chi connectivity index (χ3n) is 3.09. The number of aliphatic carboxylic acids is 1. The van der Waals surface area contributed by atoms with Gasteiger partial charge >= 0.3 is 5.97 Å². The summed E-state index contributed by atoms with van der Waals surface area (Å²) in [6.45, 7) is 1.05. The van der Waals surface area contributed by atoms with Crippen LogP contribution < -0.4 is 4.74 Å². The molecule has 0 aliphatic carbocycles. The molecule has 0 fully saturated rings. The summed E-state index contributed by atoms with van der Waals surface area (Å²) in [6, 6.07) is 7.55. The molecule has 0 spiro atoms. The highest BCUT2D eigenvalue weighted by atomic mass is 16.5. The lowest BCUT2D eigenvalue weighted by Crippen LogP contribution is -2.37. The van der Waals surface area contributed by atoms with Crippen LogP contribution in [0.2, 0.25) is 0 Å². The van der Waals surface area contributed by atoms with Gasteiger partial charge in [-0.2, -0.15) is 0 Å². The molecule has 1 amide bonds. The lowest BCUT2D eigenvalue weighted by molar-refractivity contribution is -0.138. The highest BCUT2D eigenvalue weighted by Crippen LogP contribution is 2.13. The summed E-state index contributed by atoms with van der Waals surface area (Å²) in [7, 11) is 5.07. The minimum atomic E-state index is -0.862. The summed E-state index contributed by atoms with van der Waals surface area (Å²) >= 11 is 0. The molecule has 0 bridgehead atoms. The number of amides is 1. The summed E-state index contributed by atoms with van der Waals surface area (Å²) in [5.41, 5.74) is 0.985. The van der Waals surface area contributed by atoms with Crippen LogP contribution in [0, 0.1) is 0 Å². The second-order valence-electron chi connectivity index (χ2n) is 4.98. The first-order chi connectivity index (χ1) is 9.92. The van der Waals surface area contributed by atoms with Gasteiger partial charge in [-0.25, -0.2) is 0 Å². The third kappa shape index (κ3) is 6.27. The summed E-state index contributed by atoms with van der Waals surface area (Å²) in [6.07, 6.45) is 0.0311. The molecule has 0 aromatic heterocycles. The van der Waals surface area contributed by atoms with E-state index >= 15 is 0 Å². The predicted molar refractivity (Wildman–Crippen MR) is 79.2 cm³/mol. The minimum absolute atomic E-state index is 0.0311. The van der Waals surface area contributed by atoms with Crippen molar-refractivity contribution >= 4 is 11.9 Å². The number of ether oxygens (including phenoxy) is 1. The monoisotopic (exact) mass is 294 g/mol. The second kappa shape index (κ2) is 8.26. The lowest BCUT2D eigenvalue weighted by atomic mass is 10.2. The van der Waals surface area contributed by atoms with E-state index in [9.17, 15) is 9.59 Å². The number of rotatable bonds is 8. The van der Waals surface area contributed by atoms with Crippen molar-refractivity contribution in [3.05, 3.63) is 29.8 Å². The molecule has 1 rings (SSSR count). The van der Waals surface area contributed by atoms with E-state index in [1.807, 2.05) is 24.3 Å². The van der Waals surface area contributed by atoms with Gasteiger partial charge in [-0.3, -0.25) is 14.5 Å². The number of hydrogen-bond acceptors (Lipinski definition) is 4. The average Bonchev–Trinajstić information content (AvgIpc) is 2.45. The maximum Gasteiger partial charge on any atom is 0.304 e. The normalized spacial score (nSPS) is 10.5. The molecule has 0 aliphatic heterocycles. The van der Waals surface area contributed by atoms with E-state index in [4.69, 9.17) is 9.84 Å². The largest absolute Gasteiger partial charge is 0.497 e. The molecular formula is C15H22N2O4. The molecule has 0 heterocycles. The predicted octanol–water partition coefficient (Wildman–Crippen LogP) is 1.06. The lowest BCUT2D eigenvalue weighted by Gasteiger charge is -2.21. The number of likely N-dealkylation sites (N-methyl/N-ethyl adjacent to an activating group) is 2. The van der Waals surface area contributed by atoms with Gasteiger partial charge in [0.1, 0.15) is 5.75 Å². The summed E-state index contributed by atoms with van der Waals surface area (Å²) in [4.78, 5) is 25.9. The number of carbonyl (C=O) groups excluding carboxylic acids is 1. The zero-order chi connectivity index (χ0) is 15.8. The van der Waals surface area contributed by atoms with Gasteiger partial charge in [-0.1, -0.05) is 12.1 Å². The molecular weight excluding hydrogens is 272 g/mol. The van der Waals surface area contributed by atoms with Gasteiger partial charge in [0.15, 0.2) is 0 Å². The van der Waals surface area contributed by atoms with Crippen LogP contribution >= 0.6 is 0 Å². The Hall–Kier alpha value is -2.08. The molecule has 1 aromatic rings. The van der Waals surface area contributed by atoms with Crippen LogP contribution in [-0.2, 0) is 16.1 Å². The highest BCUT2D eigenvalue weighted by molar-refractivity contribution is 5.78. The molecule has 6 nitrogen and oxygen atoms in total. The van der Waals surface area contributed by atoms with Gasteiger partial charge in [-0.15, -0.1) is 0 Å². The fourth-order valence-electron chi connectivity index (χ4n) is 1.85. The third-order valence-corrected chi connectivity index (χ3v) is 3.09. The van der Waals surface area contributed by atoms with Crippen molar-refractivity contribution in [3.8, 4) is 5.75 Å². The summed E-state index contributed by atoms with van der Waals surface area (Å²) in [5.74, 6) is -0.156. The molecule has 6 heteroatoms. The van der Waals surface area contributed by atoms with Crippen LogP contribution in [0.15, 0.2) is 24.3 Å². The van der Waals surface area contributed by atoms with Gasteiger partial charge in [0.2, 0.25) is 5.91 Å². The summed E-state index contributed by atoms with van der Waals surface area (Å²) < 4.78 is 5.15. The molecule has 21 heavy (non-hydrogen) atoms. The molecule has 0 aliphatic rings. The number of hydrogen-bond donors (Lipinski definition) is 1. The van der Waals surface area contributed by atoms with Crippen LogP contribution in [0.25, 0.3) is 0 Å². The van der Waals surface area contributed by atoms with Crippen LogP contribution in [0.5, 0.6) is 5.75 Å². The number of methoxy groups -OCH3 is 1. The van der Waals surface area contributed by atoms with Crippen molar-refractivity contribution in [1.29, 1.82) is 0 Å². The van der Waals surface area contributed by atoms with Crippen molar-refractivity contribution in [2.45, 2.75) is 13.0 Å². The van der Waals surface area contributed by atoms with Crippen molar-refractivity contribution in [2.75, 3.05) is 34.3 Å². The van der Waals surface area contributed by atoms with Crippen LogP contribution in [0.1, 0.15) is 12.0 Å². The molecule has 0 atom stereocenters. The number of carboxylic acids is 1. The molecule has 1 N–H and O–H groups in total. The van der Waals surface area contributed by atoms with E-state index in [-0.39, 0.29) is 18.9 Å². The Morgan fingerprint density at radius 2 is 2.00 bits per heavy atom. The Morgan fingerprint density at radius 3 is 2.62 bits per heavy atom. The van der Waals surface area contributed by atoms with E-state index in [1.165, 1.54) is 0 Å². The average molecular weight is 294 g/mol. The Kier molecular flexibility index (Phi) is 6.68. The first-order valence-electron chi connectivity index (χ1n) is 6.69. The SMILES string of the molecule is COc1cccc(CN(C)C(=O)CN(C)CCC(=O)O)c1. The van der Waals surface area contributed by atoms with Crippen molar-refractivity contribution in [1.82, 2.24) is 9.80 Å². The standard InChI is InChI=1S/C15H22N2O4/c1-16(8-7-15(19)20)11-14(18)17(2)10-12-5-4-6-13(9-12)21-3/h4-6,9H,7-8,10-11H2,1-3H3,(H,19,20). The fraction of sp³-hybridized carbons (Fsp3) is 0.467. The molecule has 0 unspecified atom stereocenters. The van der Waals surface area contributed by atoms with Gasteiger partial charge in [0, 0.05) is 20.1 Å². The van der Waals surface area contributed by atoms with Crippen molar-refractivity contribution in [3.63, 3.8) is 0 Å². The smallest absolute Gasteiger partial charge is 0.304 e. The van der Waals surface area contributed by atoms with Gasteiger partial charge in [0.05, 0.1) is 20.1 Å². The molecule has 0 saturated heterocycles. The molecule has 0 radical (unpaired) electrons. The maximum atomic E-state index is 12.1. The van der Waals surface area contributed by atoms with Gasteiger partial charge in [-0.05, 0) is 24.7 Å². The first-order valence-corrected chi connectivity index (χ1v) is 6.69. The number of carboxylic acid groups (broad SMARTS) is 1. The first kappa shape index (κ1) is 17.0. The minimum Gasteiger partial charge on any atom is -0.497 e. The van der Waals surface area contributed by atoms with Gasteiger partial charge in [0.25, 0.3) is 0 Å². The zero-order valence-corrected chi connectivity index (χ0v) is 12.7. The fourth-order valence-corrected chi connectivity index (χ4v) is 1.85. The Morgan fingerprint density at radius 1 is 1.29 bits per heavy atom. The zero-order valence-electron chi connectivity index (χ0n) is 12.7. The maximum absolute atomic E-state index is 12.1. The van der Waals surface area contributed by atoms with E-state index in [1.54, 1.807) is 31.0 Å². The van der Waals surface area contributed by atoms with Crippen molar-refractivity contribution < 1.29 is 19.4 Å². The molecule has 116 valence electrons. The Labute approximate surface area is 124 Å². The van der Waals surface area contributed by atoms with Crippen LogP contribution in [0.3, 0.4) is 0 Å². The Bertz CT molecular complexity index is 490. The Balaban J connectivity index is 2.48. The number of carbonyl (C=O) groups is 2. The van der Waals surface area contributed by atoms with E-state index in [2.05, 4.69) is 0 Å². The quantitative estimate of drug-likeness (QED) is 0.776. The molecule has 0 saturated carbocycles. The van der Waals surface area contributed by atoms with E-state index < -0.39 is 5.97 Å². The van der Waals surface area contributed by atoms with Crippen LogP contribution in [0.4, 0.5) is 0 Å². The van der Waals surface area contributed by atoms with Crippen LogP contribution in [-0.4, -0.2) is 61.1 Å². The number of nitrogens with zero attached hydrogens (tertiary/aromatic N) is 2. The van der Waals surface area contributed by atoms with E-state index in [0.29, 0.717) is 13.1 Å². The second-order valence-corrected chi connectivity index (χ2v) is 4.98. The summed E-state index contributed by atoms with van der Waals surface area (Å²) in [5, 5.41) is 8.62. The van der Waals surface area contributed by atoms with Crippen molar-refractivity contribution in [2.24, 2.45) is 0 Å². The highest BCUT2D eigenvalue weighted by Gasteiger charge is 2.13. The van der Waals surface area contributed by atoms with E-state index in [0.717, 1.165) is 11.3 Å². The number of benzene rings is 1.